The van der Waals surface area contributed by atoms with Gasteiger partial charge in [0.15, 0.2) is 0 Å². The molecule has 2 unspecified atom stereocenters. The number of hydrogen-bond acceptors (Lipinski definition) is 2. The monoisotopic (exact) mass is 289 g/mol. The summed E-state index contributed by atoms with van der Waals surface area (Å²) < 4.78 is 0. The summed E-state index contributed by atoms with van der Waals surface area (Å²) in [5, 5.41) is 10.9. The molecule has 1 aromatic rings. The van der Waals surface area contributed by atoms with Gasteiger partial charge in [-0.05, 0) is 42.7 Å². The van der Waals surface area contributed by atoms with E-state index in [1.807, 2.05) is 6.07 Å². The highest BCUT2D eigenvalue weighted by atomic mass is 16.3. The van der Waals surface area contributed by atoms with Crippen molar-refractivity contribution >= 4 is 0 Å². The van der Waals surface area contributed by atoms with Crippen LogP contribution >= 0.6 is 0 Å². The quantitative estimate of drug-likeness (QED) is 0.849. The summed E-state index contributed by atoms with van der Waals surface area (Å²) in [7, 11) is 0. The summed E-state index contributed by atoms with van der Waals surface area (Å²) in [6.45, 7) is 10.2. The molecule has 2 atom stereocenters. The fourth-order valence-corrected chi connectivity index (χ4v) is 3.80. The van der Waals surface area contributed by atoms with Crippen LogP contribution in [0.2, 0.25) is 0 Å². The van der Waals surface area contributed by atoms with Gasteiger partial charge < -0.3 is 5.11 Å². The van der Waals surface area contributed by atoms with Gasteiger partial charge in [0.1, 0.15) is 0 Å². The zero-order chi connectivity index (χ0) is 15.4. The molecule has 2 rings (SSSR count). The summed E-state index contributed by atoms with van der Waals surface area (Å²) in [5.74, 6) is 0.634. The summed E-state index contributed by atoms with van der Waals surface area (Å²) in [6, 6.07) is 9.25. The Hall–Kier alpha value is -0.860. The molecular weight excluding hydrogens is 258 g/mol. The molecule has 2 nitrogen and oxygen atoms in total. The maximum absolute atomic E-state index is 10.9. The molecule has 0 saturated carbocycles. The standard InChI is InChI=1S/C19H31NO/c1-5-16(6-2)20(13-14(3)4)18-12-11-15-9-7-8-10-17(15)19(18)21/h7-10,14,16,18-19,21H,5-6,11-13H2,1-4H3. The van der Waals surface area contributed by atoms with E-state index in [2.05, 4.69) is 50.8 Å². The molecular formula is C19H31NO. The van der Waals surface area contributed by atoms with Crippen LogP contribution in [0.5, 0.6) is 0 Å². The molecule has 0 radical (unpaired) electrons. The largest absolute Gasteiger partial charge is 0.387 e. The van der Waals surface area contributed by atoms with Gasteiger partial charge in [0.25, 0.3) is 0 Å². The molecule has 0 aromatic heterocycles. The van der Waals surface area contributed by atoms with Crippen molar-refractivity contribution in [3.05, 3.63) is 35.4 Å². The number of hydrogen-bond donors (Lipinski definition) is 1. The van der Waals surface area contributed by atoms with Gasteiger partial charge in [-0.2, -0.15) is 0 Å². The van der Waals surface area contributed by atoms with E-state index in [1.165, 1.54) is 5.56 Å². The Balaban J connectivity index is 2.24. The summed E-state index contributed by atoms with van der Waals surface area (Å²) in [6.07, 6.45) is 4.14. The predicted molar refractivity (Wildman–Crippen MR) is 89.4 cm³/mol. The third-order valence-corrected chi connectivity index (χ3v) is 4.86. The Labute approximate surface area is 130 Å². The van der Waals surface area contributed by atoms with Crippen molar-refractivity contribution < 1.29 is 5.11 Å². The van der Waals surface area contributed by atoms with E-state index in [4.69, 9.17) is 0 Å². The number of aliphatic hydroxyl groups is 1. The van der Waals surface area contributed by atoms with Gasteiger partial charge in [-0.1, -0.05) is 52.0 Å². The Kier molecular flexibility index (Phi) is 5.83. The van der Waals surface area contributed by atoms with Crippen LogP contribution < -0.4 is 0 Å². The second-order valence-electron chi connectivity index (χ2n) is 6.81. The highest BCUT2D eigenvalue weighted by molar-refractivity contribution is 5.32. The van der Waals surface area contributed by atoms with Crippen LogP contribution in [-0.4, -0.2) is 28.6 Å². The van der Waals surface area contributed by atoms with E-state index >= 15 is 0 Å². The number of benzene rings is 1. The normalized spacial score (nSPS) is 22.1. The minimum atomic E-state index is -0.339. The van der Waals surface area contributed by atoms with E-state index in [1.54, 1.807) is 0 Å². The van der Waals surface area contributed by atoms with Crippen LogP contribution in [0, 0.1) is 5.92 Å². The first-order chi connectivity index (χ1) is 10.1. The molecule has 0 spiro atoms. The highest BCUT2D eigenvalue weighted by Gasteiger charge is 2.34. The Morgan fingerprint density at radius 3 is 2.48 bits per heavy atom. The van der Waals surface area contributed by atoms with E-state index in [9.17, 15) is 5.11 Å². The summed E-state index contributed by atoms with van der Waals surface area (Å²) in [4.78, 5) is 2.59. The van der Waals surface area contributed by atoms with Crippen molar-refractivity contribution in [1.29, 1.82) is 0 Å². The lowest BCUT2D eigenvalue weighted by Gasteiger charge is -2.43. The Morgan fingerprint density at radius 1 is 1.19 bits per heavy atom. The first-order valence-electron chi connectivity index (χ1n) is 8.60. The average molecular weight is 289 g/mol. The van der Waals surface area contributed by atoms with Crippen molar-refractivity contribution in [1.82, 2.24) is 4.90 Å². The number of rotatable bonds is 6. The molecule has 0 bridgehead atoms. The molecule has 1 aromatic carbocycles. The zero-order valence-electron chi connectivity index (χ0n) is 14.0. The number of fused-ring (bicyclic) bond motifs is 1. The predicted octanol–water partition coefficient (Wildman–Crippen LogP) is 4.18. The number of aryl methyl sites for hydroxylation is 1. The second kappa shape index (κ2) is 7.42. The van der Waals surface area contributed by atoms with E-state index in [0.717, 1.165) is 37.8 Å². The molecule has 0 aliphatic heterocycles. The SMILES string of the molecule is CCC(CC)N(CC(C)C)C1CCc2ccccc2C1O. The molecule has 0 amide bonds. The maximum Gasteiger partial charge on any atom is 0.0948 e. The van der Waals surface area contributed by atoms with E-state index in [-0.39, 0.29) is 12.1 Å². The van der Waals surface area contributed by atoms with E-state index in [0.29, 0.717) is 12.0 Å². The summed E-state index contributed by atoms with van der Waals surface area (Å²) in [5.41, 5.74) is 2.48. The Bertz CT molecular complexity index is 439. The van der Waals surface area contributed by atoms with Crippen LogP contribution in [-0.2, 0) is 6.42 Å². The first kappa shape index (κ1) is 16.5. The van der Waals surface area contributed by atoms with Crippen LogP contribution in [0.3, 0.4) is 0 Å². The topological polar surface area (TPSA) is 23.5 Å². The number of aliphatic hydroxyl groups excluding tert-OH is 1. The highest BCUT2D eigenvalue weighted by Crippen LogP contribution is 2.34. The smallest absolute Gasteiger partial charge is 0.0948 e. The molecule has 21 heavy (non-hydrogen) atoms. The van der Waals surface area contributed by atoms with Crippen LogP contribution in [0.15, 0.2) is 24.3 Å². The molecule has 1 N–H and O–H groups in total. The maximum atomic E-state index is 10.9. The van der Waals surface area contributed by atoms with Crippen LogP contribution in [0.4, 0.5) is 0 Å². The molecule has 0 heterocycles. The third kappa shape index (κ3) is 3.67. The molecule has 1 aliphatic rings. The third-order valence-electron chi connectivity index (χ3n) is 4.86. The lowest BCUT2D eigenvalue weighted by Crippen LogP contribution is -2.49. The van der Waals surface area contributed by atoms with Crippen molar-refractivity contribution in [3.8, 4) is 0 Å². The van der Waals surface area contributed by atoms with Crippen molar-refractivity contribution in [2.45, 2.75) is 71.6 Å². The zero-order valence-corrected chi connectivity index (χ0v) is 14.0. The van der Waals surface area contributed by atoms with Gasteiger partial charge in [0, 0.05) is 18.6 Å². The molecule has 1 aliphatic carbocycles. The summed E-state index contributed by atoms with van der Waals surface area (Å²) >= 11 is 0. The minimum Gasteiger partial charge on any atom is -0.387 e. The molecule has 0 fully saturated rings. The average Bonchev–Trinajstić information content (AvgIpc) is 2.48. The van der Waals surface area contributed by atoms with Gasteiger partial charge >= 0.3 is 0 Å². The minimum absolute atomic E-state index is 0.271. The Morgan fingerprint density at radius 2 is 1.86 bits per heavy atom. The van der Waals surface area contributed by atoms with Gasteiger partial charge in [-0.3, -0.25) is 4.90 Å². The van der Waals surface area contributed by atoms with Crippen molar-refractivity contribution in [2.24, 2.45) is 5.92 Å². The van der Waals surface area contributed by atoms with Crippen molar-refractivity contribution in [2.75, 3.05) is 6.54 Å². The van der Waals surface area contributed by atoms with Gasteiger partial charge in [0.2, 0.25) is 0 Å². The second-order valence-corrected chi connectivity index (χ2v) is 6.81. The van der Waals surface area contributed by atoms with Gasteiger partial charge in [-0.15, -0.1) is 0 Å². The first-order valence-corrected chi connectivity index (χ1v) is 8.60. The van der Waals surface area contributed by atoms with Crippen LogP contribution in [0.1, 0.15) is 64.2 Å². The molecule has 2 heteroatoms. The fourth-order valence-electron chi connectivity index (χ4n) is 3.80. The number of nitrogens with zero attached hydrogens (tertiary/aromatic N) is 1. The lowest BCUT2D eigenvalue weighted by atomic mass is 9.84. The van der Waals surface area contributed by atoms with Gasteiger partial charge in [-0.25, -0.2) is 0 Å². The molecule has 118 valence electrons. The van der Waals surface area contributed by atoms with E-state index < -0.39 is 0 Å². The fraction of sp³-hybridized carbons (Fsp3) is 0.684. The molecule has 0 saturated heterocycles. The van der Waals surface area contributed by atoms with Crippen LogP contribution in [0.25, 0.3) is 0 Å². The lowest BCUT2D eigenvalue weighted by molar-refractivity contribution is 0.00281. The van der Waals surface area contributed by atoms with Crippen molar-refractivity contribution in [3.63, 3.8) is 0 Å². The van der Waals surface area contributed by atoms with Gasteiger partial charge in [0.05, 0.1) is 6.10 Å².